The van der Waals surface area contributed by atoms with Crippen molar-refractivity contribution in [3.8, 4) is 0 Å². The van der Waals surface area contributed by atoms with E-state index in [-0.39, 0.29) is 18.7 Å². The summed E-state index contributed by atoms with van der Waals surface area (Å²) in [6.07, 6.45) is 0.579. The molecule has 0 saturated carbocycles. The molecule has 0 aliphatic carbocycles. The van der Waals surface area contributed by atoms with Crippen LogP contribution in [0.5, 0.6) is 0 Å². The quantitative estimate of drug-likeness (QED) is 0.728. The highest BCUT2D eigenvalue weighted by molar-refractivity contribution is 6.30. The smallest absolute Gasteiger partial charge is 0.275 e. The van der Waals surface area contributed by atoms with Crippen LogP contribution < -0.4 is 5.56 Å². The number of aliphatic hydroxyl groups excluding tert-OH is 1. The molecule has 0 saturated heterocycles. The topological polar surface area (TPSA) is 81.7 Å². The van der Waals surface area contributed by atoms with Gasteiger partial charge in [-0.25, -0.2) is 0 Å². The molecular weight excluding hydrogens is 332 g/mol. The van der Waals surface area contributed by atoms with Crippen LogP contribution in [-0.2, 0) is 17.9 Å². The molecule has 2 aromatic heterocycles. The molecule has 1 aromatic carbocycles. The summed E-state index contributed by atoms with van der Waals surface area (Å²) < 4.78 is 8.48. The first-order chi connectivity index (χ1) is 11.5. The van der Waals surface area contributed by atoms with Crippen molar-refractivity contribution in [2.45, 2.75) is 26.2 Å². The number of hydrogen-bond acceptors (Lipinski definition) is 5. The molecule has 24 heavy (non-hydrogen) atoms. The van der Waals surface area contributed by atoms with E-state index in [1.54, 1.807) is 23.6 Å². The Hall–Kier alpha value is -2.22. The molecule has 7 nitrogen and oxygen atoms in total. The number of aliphatic hydroxyl groups is 1. The summed E-state index contributed by atoms with van der Waals surface area (Å²) in [4.78, 5) is 15.9. The summed E-state index contributed by atoms with van der Waals surface area (Å²) in [7, 11) is 0. The normalized spacial score (nSPS) is 12.6. The molecule has 1 atom stereocenters. The van der Waals surface area contributed by atoms with E-state index in [1.807, 2.05) is 12.1 Å². The van der Waals surface area contributed by atoms with E-state index in [4.69, 9.17) is 16.3 Å². The molecule has 0 spiro atoms. The molecule has 0 unspecified atom stereocenters. The van der Waals surface area contributed by atoms with Gasteiger partial charge in [0, 0.05) is 16.8 Å². The molecule has 2 heterocycles. The molecule has 8 heteroatoms. The van der Waals surface area contributed by atoms with Crippen LogP contribution in [0.1, 0.15) is 11.3 Å². The molecule has 3 rings (SSSR count). The SMILES string of the molecule is Cc1cc(=O)n2ncnc2n1C[C@H](O)COCc1ccc(Cl)cc1. The molecule has 1 N–H and O–H groups in total. The molecule has 0 aliphatic heterocycles. The number of nitrogens with zero attached hydrogens (tertiary/aromatic N) is 4. The second kappa shape index (κ2) is 7.12. The summed E-state index contributed by atoms with van der Waals surface area (Å²) >= 11 is 5.83. The van der Waals surface area contributed by atoms with Gasteiger partial charge in [-0.05, 0) is 24.6 Å². The number of benzene rings is 1. The van der Waals surface area contributed by atoms with Crippen LogP contribution in [0.25, 0.3) is 5.78 Å². The van der Waals surface area contributed by atoms with Gasteiger partial charge in [-0.1, -0.05) is 23.7 Å². The number of halogens is 1. The zero-order valence-corrected chi connectivity index (χ0v) is 13.8. The van der Waals surface area contributed by atoms with Crippen molar-refractivity contribution < 1.29 is 9.84 Å². The molecule has 0 aliphatic rings. The van der Waals surface area contributed by atoms with E-state index < -0.39 is 6.10 Å². The molecule has 0 fully saturated rings. The minimum Gasteiger partial charge on any atom is -0.389 e. The monoisotopic (exact) mass is 348 g/mol. The Balaban J connectivity index is 1.63. The molecule has 0 radical (unpaired) electrons. The van der Waals surface area contributed by atoms with Gasteiger partial charge in [0.25, 0.3) is 5.56 Å². The summed E-state index contributed by atoms with van der Waals surface area (Å²) in [5, 5.41) is 14.8. The minimum atomic E-state index is -0.737. The maximum Gasteiger partial charge on any atom is 0.275 e. The Morgan fingerprint density at radius 1 is 1.33 bits per heavy atom. The van der Waals surface area contributed by atoms with Gasteiger partial charge in [-0.15, -0.1) is 0 Å². The lowest BCUT2D eigenvalue weighted by Gasteiger charge is -2.16. The standard InChI is InChI=1S/C16H17ClN4O3/c1-11-6-15(23)21-16(18-10-19-21)20(11)7-14(22)9-24-8-12-2-4-13(17)5-3-12/h2-6,10,14,22H,7-9H2,1H3/t14-/m0/s1. The third-order valence-corrected chi connectivity index (χ3v) is 3.88. The summed E-state index contributed by atoms with van der Waals surface area (Å²) in [6, 6.07) is 8.80. The minimum absolute atomic E-state index is 0.161. The van der Waals surface area contributed by atoms with Crippen molar-refractivity contribution in [3.63, 3.8) is 0 Å². The average molecular weight is 349 g/mol. The number of fused-ring (bicyclic) bond motifs is 1. The van der Waals surface area contributed by atoms with Crippen molar-refractivity contribution >= 4 is 17.4 Å². The highest BCUT2D eigenvalue weighted by Gasteiger charge is 2.12. The van der Waals surface area contributed by atoms with Gasteiger partial charge >= 0.3 is 0 Å². The predicted molar refractivity (Wildman–Crippen MR) is 89.1 cm³/mol. The Morgan fingerprint density at radius 3 is 2.83 bits per heavy atom. The zero-order chi connectivity index (χ0) is 17.1. The van der Waals surface area contributed by atoms with Crippen molar-refractivity contribution in [1.82, 2.24) is 19.2 Å². The number of rotatable bonds is 6. The fraction of sp³-hybridized carbons (Fsp3) is 0.312. The average Bonchev–Trinajstić information content (AvgIpc) is 3.03. The maximum absolute atomic E-state index is 11.8. The third-order valence-electron chi connectivity index (χ3n) is 3.62. The van der Waals surface area contributed by atoms with Crippen LogP contribution in [0, 0.1) is 6.92 Å². The molecule has 3 aromatic rings. The van der Waals surface area contributed by atoms with E-state index in [0.29, 0.717) is 23.1 Å². The van der Waals surface area contributed by atoms with Crippen LogP contribution in [0.2, 0.25) is 5.02 Å². The van der Waals surface area contributed by atoms with Crippen LogP contribution in [-0.4, -0.2) is 37.0 Å². The second-order valence-corrected chi connectivity index (χ2v) is 5.94. The van der Waals surface area contributed by atoms with E-state index in [0.717, 1.165) is 5.56 Å². The Bertz CT molecular complexity index is 888. The van der Waals surface area contributed by atoms with Gasteiger partial charge in [0.1, 0.15) is 6.33 Å². The fourth-order valence-electron chi connectivity index (χ4n) is 2.43. The van der Waals surface area contributed by atoms with Crippen molar-refractivity contribution in [1.29, 1.82) is 0 Å². The van der Waals surface area contributed by atoms with Crippen molar-refractivity contribution in [2.75, 3.05) is 6.61 Å². The number of hydrogen-bond donors (Lipinski definition) is 1. The molecule has 0 amide bonds. The van der Waals surface area contributed by atoms with E-state index >= 15 is 0 Å². The lowest BCUT2D eigenvalue weighted by atomic mass is 10.2. The highest BCUT2D eigenvalue weighted by atomic mass is 35.5. The van der Waals surface area contributed by atoms with Gasteiger partial charge in [0.05, 0.1) is 25.9 Å². The summed E-state index contributed by atoms with van der Waals surface area (Å²) in [5.41, 5.74) is 1.44. The van der Waals surface area contributed by atoms with Crippen LogP contribution >= 0.6 is 11.6 Å². The predicted octanol–water partition coefficient (Wildman–Crippen LogP) is 1.43. The maximum atomic E-state index is 11.8. The zero-order valence-electron chi connectivity index (χ0n) is 13.1. The van der Waals surface area contributed by atoms with Crippen LogP contribution in [0.4, 0.5) is 0 Å². The molecule has 0 bridgehead atoms. The molecule has 126 valence electrons. The lowest BCUT2D eigenvalue weighted by molar-refractivity contribution is 0.0204. The third kappa shape index (κ3) is 3.64. The number of aromatic nitrogens is 4. The summed E-state index contributed by atoms with van der Waals surface area (Å²) in [6.45, 7) is 2.60. The fourth-order valence-corrected chi connectivity index (χ4v) is 2.56. The Morgan fingerprint density at radius 2 is 2.08 bits per heavy atom. The number of ether oxygens (including phenoxy) is 1. The second-order valence-electron chi connectivity index (χ2n) is 5.50. The van der Waals surface area contributed by atoms with Gasteiger partial charge in [-0.2, -0.15) is 14.6 Å². The van der Waals surface area contributed by atoms with Crippen LogP contribution in [0.15, 0.2) is 41.5 Å². The van der Waals surface area contributed by atoms with E-state index in [2.05, 4.69) is 10.1 Å². The summed E-state index contributed by atoms with van der Waals surface area (Å²) in [5.74, 6) is 0.400. The first kappa shape index (κ1) is 16.6. The van der Waals surface area contributed by atoms with Crippen molar-refractivity contribution in [2.24, 2.45) is 0 Å². The van der Waals surface area contributed by atoms with Gasteiger partial charge in [0.15, 0.2) is 0 Å². The first-order valence-electron chi connectivity index (χ1n) is 7.45. The highest BCUT2D eigenvalue weighted by Crippen LogP contribution is 2.10. The van der Waals surface area contributed by atoms with Gasteiger partial charge < -0.3 is 14.4 Å². The lowest BCUT2D eigenvalue weighted by Crippen LogP contribution is -2.27. The van der Waals surface area contributed by atoms with Crippen LogP contribution in [0.3, 0.4) is 0 Å². The van der Waals surface area contributed by atoms with Crippen molar-refractivity contribution in [3.05, 3.63) is 63.3 Å². The van der Waals surface area contributed by atoms with E-state index in [1.165, 1.54) is 16.9 Å². The molecular formula is C16H17ClN4O3. The van der Waals surface area contributed by atoms with E-state index in [9.17, 15) is 9.90 Å². The Kier molecular flexibility index (Phi) is 4.94. The van der Waals surface area contributed by atoms with Gasteiger partial charge in [0.2, 0.25) is 5.78 Å². The first-order valence-corrected chi connectivity index (χ1v) is 7.83. The largest absolute Gasteiger partial charge is 0.389 e. The van der Waals surface area contributed by atoms with Gasteiger partial charge in [-0.3, -0.25) is 4.79 Å². The Labute approximate surface area is 143 Å². The number of aryl methyl sites for hydroxylation is 1.